The number of carbonyl (C=O) groups excluding carboxylic acids is 2. The third-order valence-electron chi connectivity index (χ3n) is 1.88. The Bertz CT molecular complexity index is 181. The number of unbranched alkanes of at least 4 members (excludes halogenated alkanes) is 1. The van der Waals surface area contributed by atoms with Crippen molar-refractivity contribution in [2.24, 2.45) is 0 Å². The summed E-state index contributed by atoms with van der Waals surface area (Å²) in [6.45, 7) is 2.97. The zero-order chi connectivity index (χ0) is 10.8. The molecule has 0 aromatic carbocycles. The number of hydrogen-bond donors (Lipinski definition) is 2. The third-order valence-corrected chi connectivity index (χ3v) is 1.88. The molecule has 0 fully saturated rings. The molecule has 4 nitrogen and oxygen atoms in total. The Balaban J connectivity index is 3.19. The lowest BCUT2D eigenvalue weighted by Gasteiger charge is -2.03. The molecule has 0 aliphatic heterocycles. The Hall–Kier alpha value is -0.900. The highest BCUT2D eigenvalue weighted by Crippen LogP contribution is 1.94. The molecular weight excluding hydrogens is 180 g/mol. The number of Topliss-reactive ketones (excluding diaryl/α,β-unsaturated/α-hetero) is 1. The lowest BCUT2D eigenvalue weighted by atomic mass is 10.2. The van der Waals surface area contributed by atoms with Gasteiger partial charge in [0.15, 0.2) is 0 Å². The molecule has 1 amide bonds. The van der Waals surface area contributed by atoms with Gasteiger partial charge in [0.1, 0.15) is 5.78 Å². The number of ketones is 1. The number of rotatable bonds is 8. The predicted molar refractivity (Wildman–Crippen MR) is 56.1 cm³/mol. The lowest BCUT2D eigenvalue weighted by molar-refractivity contribution is -0.121. The molecule has 0 rings (SSSR count). The normalized spacial score (nSPS) is 9.86. The summed E-state index contributed by atoms with van der Waals surface area (Å²) in [4.78, 5) is 21.7. The fourth-order valence-corrected chi connectivity index (χ4v) is 1.05. The van der Waals surface area contributed by atoms with Gasteiger partial charge in [-0.15, -0.1) is 0 Å². The minimum Gasteiger partial charge on any atom is -0.356 e. The SMILES string of the molecule is CNCCC(=O)NCCCCC(C)=O. The lowest BCUT2D eigenvalue weighted by Crippen LogP contribution is -2.27. The maximum atomic E-state index is 11.1. The molecule has 0 aliphatic rings. The highest BCUT2D eigenvalue weighted by atomic mass is 16.1. The standard InChI is InChI=1S/C10H20N2O2/c1-9(13)5-3-4-7-12-10(14)6-8-11-2/h11H,3-8H2,1-2H3,(H,12,14). The quantitative estimate of drug-likeness (QED) is 0.560. The van der Waals surface area contributed by atoms with E-state index in [2.05, 4.69) is 10.6 Å². The van der Waals surface area contributed by atoms with Crippen LogP contribution in [0.3, 0.4) is 0 Å². The fourth-order valence-electron chi connectivity index (χ4n) is 1.05. The van der Waals surface area contributed by atoms with E-state index in [-0.39, 0.29) is 11.7 Å². The van der Waals surface area contributed by atoms with Gasteiger partial charge in [0.05, 0.1) is 0 Å². The van der Waals surface area contributed by atoms with E-state index in [1.807, 2.05) is 7.05 Å². The van der Waals surface area contributed by atoms with Gasteiger partial charge in [-0.3, -0.25) is 4.79 Å². The summed E-state index contributed by atoms with van der Waals surface area (Å²) in [5.74, 6) is 0.286. The van der Waals surface area contributed by atoms with Crippen LogP contribution in [-0.4, -0.2) is 31.8 Å². The molecule has 4 heteroatoms. The first-order valence-electron chi connectivity index (χ1n) is 5.07. The number of amides is 1. The Morgan fingerprint density at radius 3 is 2.36 bits per heavy atom. The Kier molecular flexibility index (Phi) is 8.13. The molecule has 0 bridgehead atoms. The highest BCUT2D eigenvalue weighted by Gasteiger charge is 1.99. The molecule has 0 spiro atoms. The first-order chi connectivity index (χ1) is 6.66. The summed E-state index contributed by atoms with van der Waals surface area (Å²) in [5, 5.41) is 5.71. The van der Waals surface area contributed by atoms with Gasteiger partial charge >= 0.3 is 0 Å². The van der Waals surface area contributed by atoms with Crippen LogP contribution in [0.15, 0.2) is 0 Å². The smallest absolute Gasteiger partial charge is 0.221 e. The van der Waals surface area contributed by atoms with Crippen molar-refractivity contribution in [3.63, 3.8) is 0 Å². The summed E-state index contributed by atoms with van der Waals surface area (Å²) >= 11 is 0. The van der Waals surface area contributed by atoms with E-state index in [0.29, 0.717) is 25.9 Å². The molecule has 14 heavy (non-hydrogen) atoms. The van der Waals surface area contributed by atoms with Crippen molar-refractivity contribution in [1.82, 2.24) is 10.6 Å². The van der Waals surface area contributed by atoms with E-state index < -0.39 is 0 Å². The number of carbonyl (C=O) groups is 2. The molecule has 0 atom stereocenters. The van der Waals surface area contributed by atoms with E-state index in [1.165, 1.54) is 0 Å². The van der Waals surface area contributed by atoms with Crippen LogP contribution in [0.2, 0.25) is 0 Å². The van der Waals surface area contributed by atoms with Crippen LogP contribution in [0.1, 0.15) is 32.6 Å². The first-order valence-corrected chi connectivity index (χ1v) is 5.07. The molecule has 0 heterocycles. The number of nitrogens with one attached hydrogen (secondary N) is 2. The van der Waals surface area contributed by atoms with Gasteiger partial charge in [0.2, 0.25) is 5.91 Å². The molecule has 0 saturated carbocycles. The van der Waals surface area contributed by atoms with Crippen LogP contribution < -0.4 is 10.6 Å². The van der Waals surface area contributed by atoms with Crippen molar-refractivity contribution in [3.8, 4) is 0 Å². The van der Waals surface area contributed by atoms with Crippen molar-refractivity contribution in [2.75, 3.05) is 20.1 Å². The van der Waals surface area contributed by atoms with E-state index in [0.717, 1.165) is 12.8 Å². The van der Waals surface area contributed by atoms with Crippen molar-refractivity contribution in [3.05, 3.63) is 0 Å². The predicted octanol–water partition coefficient (Wildman–Crippen LogP) is 0.471. The van der Waals surface area contributed by atoms with Crippen LogP contribution in [-0.2, 0) is 9.59 Å². The van der Waals surface area contributed by atoms with E-state index in [1.54, 1.807) is 6.92 Å². The summed E-state index contributed by atoms with van der Waals surface area (Å²) < 4.78 is 0. The molecule has 2 N–H and O–H groups in total. The van der Waals surface area contributed by atoms with Gasteiger partial charge in [0.25, 0.3) is 0 Å². The third kappa shape index (κ3) is 9.19. The highest BCUT2D eigenvalue weighted by molar-refractivity contribution is 5.76. The molecule has 0 aliphatic carbocycles. The topological polar surface area (TPSA) is 58.2 Å². The van der Waals surface area contributed by atoms with Gasteiger partial charge in [-0.05, 0) is 26.8 Å². The van der Waals surface area contributed by atoms with Gasteiger partial charge in [-0.25, -0.2) is 0 Å². The monoisotopic (exact) mass is 200 g/mol. The first kappa shape index (κ1) is 13.1. The van der Waals surface area contributed by atoms with Crippen LogP contribution in [0, 0.1) is 0 Å². The van der Waals surface area contributed by atoms with Gasteiger partial charge in [0, 0.05) is 25.9 Å². The number of hydrogen-bond acceptors (Lipinski definition) is 3. The van der Waals surface area contributed by atoms with Crippen molar-refractivity contribution in [1.29, 1.82) is 0 Å². The maximum Gasteiger partial charge on any atom is 0.221 e. The molecular formula is C10H20N2O2. The largest absolute Gasteiger partial charge is 0.356 e. The van der Waals surface area contributed by atoms with Crippen molar-refractivity contribution in [2.45, 2.75) is 32.6 Å². The van der Waals surface area contributed by atoms with Crippen LogP contribution in [0.4, 0.5) is 0 Å². The van der Waals surface area contributed by atoms with Gasteiger partial charge < -0.3 is 15.4 Å². The fraction of sp³-hybridized carbons (Fsp3) is 0.800. The van der Waals surface area contributed by atoms with E-state index in [9.17, 15) is 9.59 Å². The second kappa shape index (κ2) is 8.69. The van der Waals surface area contributed by atoms with E-state index >= 15 is 0 Å². The second-order valence-corrected chi connectivity index (χ2v) is 3.36. The summed E-state index contributed by atoms with van der Waals surface area (Å²) in [7, 11) is 1.82. The van der Waals surface area contributed by atoms with Gasteiger partial charge in [-0.1, -0.05) is 0 Å². The Labute approximate surface area is 85.4 Å². The second-order valence-electron chi connectivity index (χ2n) is 3.36. The van der Waals surface area contributed by atoms with Crippen molar-refractivity contribution >= 4 is 11.7 Å². The van der Waals surface area contributed by atoms with Crippen LogP contribution >= 0.6 is 0 Å². The van der Waals surface area contributed by atoms with E-state index in [4.69, 9.17) is 0 Å². The van der Waals surface area contributed by atoms with Gasteiger partial charge in [-0.2, -0.15) is 0 Å². The molecule has 0 unspecified atom stereocenters. The average Bonchev–Trinajstić information content (AvgIpc) is 2.13. The minimum atomic E-state index is 0.0715. The van der Waals surface area contributed by atoms with Crippen molar-refractivity contribution < 1.29 is 9.59 Å². The molecule has 0 saturated heterocycles. The summed E-state index contributed by atoms with van der Waals surface area (Å²) in [6, 6.07) is 0. The zero-order valence-corrected chi connectivity index (χ0v) is 9.06. The molecule has 0 radical (unpaired) electrons. The minimum absolute atomic E-state index is 0.0715. The zero-order valence-electron chi connectivity index (χ0n) is 9.06. The summed E-state index contributed by atoms with van der Waals surface area (Å²) in [5.41, 5.74) is 0. The van der Waals surface area contributed by atoms with Crippen LogP contribution in [0.5, 0.6) is 0 Å². The molecule has 0 aromatic heterocycles. The summed E-state index contributed by atoms with van der Waals surface area (Å²) in [6.07, 6.45) is 2.88. The van der Waals surface area contributed by atoms with Crippen LogP contribution in [0.25, 0.3) is 0 Å². The Morgan fingerprint density at radius 2 is 1.79 bits per heavy atom. The Morgan fingerprint density at radius 1 is 1.07 bits per heavy atom. The maximum absolute atomic E-state index is 11.1. The molecule has 82 valence electrons. The molecule has 0 aromatic rings. The average molecular weight is 200 g/mol.